The van der Waals surface area contributed by atoms with E-state index in [9.17, 15) is 4.39 Å². The summed E-state index contributed by atoms with van der Waals surface area (Å²) in [6.45, 7) is 0. The van der Waals surface area contributed by atoms with Crippen LogP contribution in [0, 0.1) is 5.82 Å². The molecule has 27 heavy (non-hydrogen) atoms. The van der Waals surface area contributed by atoms with E-state index >= 15 is 0 Å². The Bertz CT molecular complexity index is 999. The van der Waals surface area contributed by atoms with Crippen LogP contribution >= 0.6 is 11.8 Å². The van der Waals surface area contributed by atoms with E-state index in [0.717, 1.165) is 22.2 Å². The highest BCUT2D eigenvalue weighted by Crippen LogP contribution is 2.26. The molecule has 0 fully saturated rings. The third-order valence-corrected chi connectivity index (χ3v) is 5.20. The number of benzene rings is 3. The van der Waals surface area contributed by atoms with Gasteiger partial charge in [-0.05, 0) is 35.4 Å². The number of nitrogens with zero attached hydrogens (tertiary/aromatic N) is 3. The topological polar surface area (TPSA) is 30.7 Å². The van der Waals surface area contributed by atoms with Crippen molar-refractivity contribution in [1.82, 2.24) is 14.8 Å². The summed E-state index contributed by atoms with van der Waals surface area (Å²) in [5.74, 6) is 1.38. The van der Waals surface area contributed by atoms with Crippen LogP contribution in [0.3, 0.4) is 0 Å². The van der Waals surface area contributed by atoms with Gasteiger partial charge in [0.1, 0.15) is 11.6 Å². The summed E-state index contributed by atoms with van der Waals surface area (Å²) in [5, 5.41) is 9.70. The molecule has 0 amide bonds. The van der Waals surface area contributed by atoms with Gasteiger partial charge < -0.3 is 0 Å². The van der Waals surface area contributed by atoms with Crippen molar-refractivity contribution < 1.29 is 4.39 Å². The smallest absolute Gasteiger partial charge is 0.196 e. The predicted molar refractivity (Wildman–Crippen MR) is 107 cm³/mol. The lowest BCUT2D eigenvalue weighted by atomic mass is 10.1. The van der Waals surface area contributed by atoms with Crippen LogP contribution in [0.15, 0.2) is 90.1 Å². The summed E-state index contributed by atoms with van der Waals surface area (Å²) in [7, 11) is 0. The van der Waals surface area contributed by atoms with E-state index in [1.54, 1.807) is 23.9 Å². The van der Waals surface area contributed by atoms with E-state index in [1.807, 2.05) is 36.4 Å². The number of para-hydroxylation sites is 1. The second-order valence-electron chi connectivity index (χ2n) is 6.15. The van der Waals surface area contributed by atoms with Gasteiger partial charge in [-0.1, -0.05) is 72.4 Å². The van der Waals surface area contributed by atoms with Gasteiger partial charge in [0.15, 0.2) is 5.16 Å². The predicted octanol–water partition coefficient (Wildman–Crippen LogP) is 5.29. The third-order valence-electron chi connectivity index (χ3n) is 4.20. The van der Waals surface area contributed by atoms with Gasteiger partial charge >= 0.3 is 0 Å². The van der Waals surface area contributed by atoms with E-state index in [1.165, 1.54) is 17.7 Å². The van der Waals surface area contributed by atoms with Crippen LogP contribution in [0.25, 0.3) is 5.69 Å². The minimum atomic E-state index is -0.221. The molecular formula is C22H18FN3S. The molecule has 4 rings (SSSR count). The molecule has 3 nitrogen and oxygen atoms in total. The number of thioether (sulfide) groups is 1. The van der Waals surface area contributed by atoms with Gasteiger partial charge in [0.2, 0.25) is 0 Å². The highest BCUT2D eigenvalue weighted by molar-refractivity contribution is 7.98. The van der Waals surface area contributed by atoms with Crippen molar-refractivity contribution in [2.45, 2.75) is 17.3 Å². The normalized spacial score (nSPS) is 10.9. The number of aromatic nitrogens is 3. The van der Waals surface area contributed by atoms with Gasteiger partial charge in [-0.15, -0.1) is 10.2 Å². The Morgan fingerprint density at radius 3 is 2.11 bits per heavy atom. The van der Waals surface area contributed by atoms with Gasteiger partial charge in [0.25, 0.3) is 0 Å². The maximum Gasteiger partial charge on any atom is 0.196 e. The van der Waals surface area contributed by atoms with Gasteiger partial charge in [-0.25, -0.2) is 4.39 Å². The zero-order valence-electron chi connectivity index (χ0n) is 14.6. The fraction of sp³-hybridized carbons (Fsp3) is 0.0909. The second kappa shape index (κ2) is 8.18. The molecule has 0 saturated heterocycles. The first-order valence-corrected chi connectivity index (χ1v) is 9.69. The van der Waals surface area contributed by atoms with Crippen LogP contribution < -0.4 is 0 Å². The Kier molecular flexibility index (Phi) is 5.30. The fourth-order valence-corrected chi connectivity index (χ4v) is 3.78. The SMILES string of the molecule is Fc1ccc(CSc2nnc(Cc3ccccc3)n2-c2ccccc2)cc1. The van der Waals surface area contributed by atoms with Crippen molar-refractivity contribution in [2.24, 2.45) is 0 Å². The summed E-state index contributed by atoms with van der Waals surface area (Å²) >= 11 is 1.60. The molecule has 0 aliphatic carbocycles. The molecule has 3 aromatic carbocycles. The van der Waals surface area contributed by atoms with Crippen LogP contribution in [0.4, 0.5) is 4.39 Å². The van der Waals surface area contributed by atoms with Crippen molar-refractivity contribution in [3.63, 3.8) is 0 Å². The molecule has 0 aliphatic rings. The van der Waals surface area contributed by atoms with Crippen LogP contribution in [-0.4, -0.2) is 14.8 Å². The minimum Gasteiger partial charge on any atom is -0.274 e. The molecule has 134 valence electrons. The quantitative estimate of drug-likeness (QED) is 0.429. The standard InChI is InChI=1S/C22H18FN3S/c23-19-13-11-18(12-14-19)16-27-22-25-24-21(15-17-7-3-1-4-8-17)26(22)20-9-5-2-6-10-20/h1-14H,15-16H2. The maximum absolute atomic E-state index is 13.1. The Balaban J connectivity index is 1.63. The Hall–Kier alpha value is -2.92. The average molecular weight is 375 g/mol. The minimum absolute atomic E-state index is 0.221. The number of rotatable bonds is 6. The number of hydrogen-bond donors (Lipinski definition) is 0. The van der Waals surface area contributed by atoms with E-state index in [0.29, 0.717) is 12.2 Å². The van der Waals surface area contributed by atoms with E-state index < -0.39 is 0 Å². The molecule has 0 N–H and O–H groups in total. The van der Waals surface area contributed by atoms with Crippen molar-refractivity contribution in [3.8, 4) is 5.69 Å². The summed E-state index contributed by atoms with van der Waals surface area (Å²) < 4.78 is 15.2. The molecule has 1 aromatic heterocycles. The zero-order chi connectivity index (χ0) is 18.5. The molecule has 4 aromatic rings. The lowest BCUT2D eigenvalue weighted by Crippen LogP contribution is -2.03. The van der Waals surface area contributed by atoms with Crippen molar-refractivity contribution in [1.29, 1.82) is 0 Å². The number of halogens is 1. The first-order chi connectivity index (χ1) is 13.3. The molecule has 0 atom stereocenters. The summed E-state index contributed by atoms with van der Waals surface area (Å²) in [4.78, 5) is 0. The van der Waals surface area contributed by atoms with Crippen LogP contribution in [-0.2, 0) is 12.2 Å². The molecule has 5 heteroatoms. The molecule has 0 bridgehead atoms. The molecule has 0 radical (unpaired) electrons. The molecule has 1 heterocycles. The van der Waals surface area contributed by atoms with Crippen molar-refractivity contribution in [2.75, 3.05) is 0 Å². The van der Waals surface area contributed by atoms with Gasteiger partial charge in [0.05, 0.1) is 0 Å². The van der Waals surface area contributed by atoms with Gasteiger partial charge in [0, 0.05) is 17.9 Å². The van der Waals surface area contributed by atoms with E-state index in [2.05, 4.69) is 39.0 Å². The molecule has 0 spiro atoms. The number of hydrogen-bond acceptors (Lipinski definition) is 3. The first kappa shape index (κ1) is 17.5. The molecule has 0 saturated carbocycles. The van der Waals surface area contributed by atoms with E-state index in [-0.39, 0.29) is 5.82 Å². The largest absolute Gasteiger partial charge is 0.274 e. The lowest BCUT2D eigenvalue weighted by molar-refractivity contribution is 0.627. The van der Waals surface area contributed by atoms with Crippen LogP contribution in [0.1, 0.15) is 17.0 Å². The fourth-order valence-electron chi connectivity index (χ4n) is 2.85. The molecular weight excluding hydrogens is 357 g/mol. The average Bonchev–Trinajstić information content (AvgIpc) is 3.11. The first-order valence-electron chi connectivity index (χ1n) is 8.70. The summed E-state index contributed by atoms with van der Waals surface area (Å²) in [6.07, 6.45) is 0.708. The molecule has 0 aliphatic heterocycles. The van der Waals surface area contributed by atoms with E-state index in [4.69, 9.17) is 0 Å². The maximum atomic E-state index is 13.1. The third kappa shape index (κ3) is 4.26. The molecule has 0 unspecified atom stereocenters. The Morgan fingerprint density at radius 2 is 1.41 bits per heavy atom. The van der Waals surface area contributed by atoms with Gasteiger partial charge in [-0.2, -0.15) is 0 Å². The second-order valence-corrected chi connectivity index (χ2v) is 7.09. The van der Waals surface area contributed by atoms with Crippen molar-refractivity contribution in [3.05, 3.63) is 108 Å². The zero-order valence-corrected chi connectivity index (χ0v) is 15.4. The van der Waals surface area contributed by atoms with Crippen LogP contribution in [0.5, 0.6) is 0 Å². The Labute approximate surface area is 161 Å². The lowest BCUT2D eigenvalue weighted by Gasteiger charge is -2.10. The Morgan fingerprint density at radius 1 is 0.741 bits per heavy atom. The van der Waals surface area contributed by atoms with Crippen molar-refractivity contribution >= 4 is 11.8 Å². The van der Waals surface area contributed by atoms with Crippen LogP contribution in [0.2, 0.25) is 0 Å². The summed E-state index contributed by atoms with van der Waals surface area (Å²) in [6, 6.07) is 27.0. The summed E-state index contributed by atoms with van der Waals surface area (Å²) in [5.41, 5.74) is 3.28. The van der Waals surface area contributed by atoms with Gasteiger partial charge in [-0.3, -0.25) is 4.57 Å². The highest BCUT2D eigenvalue weighted by atomic mass is 32.2. The monoisotopic (exact) mass is 375 g/mol. The highest BCUT2D eigenvalue weighted by Gasteiger charge is 2.15.